The van der Waals surface area contributed by atoms with Crippen molar-refractivity contribution in [2.45, 2.75) is 18.0 Å². The number of fused-ring (bicyclic) bond motifs is 7. The molecule has 0 N–H and O–H groups in total. The van der Waals surface area contributed by atoms with E-state index in [4.69, 9.17) is 18.9 Å². The summed E-state index contributed by atoms with van der Waals surface area (Å²) in [5.74, 6) is 3.45. The third kappa shape index (κ3) is 1.21. The molecule has 4 heterocycles. The van der Waals surface area contributed by atoms with E-state index in [1.165, 1.54) is 22.3 Å². The minimum absolute atomic E-state index is 0.155. The quantitative estimate of drug-likeness (QED) is 0.693. The van der Waals surface area contributed by atoms with E-state index >= 15 is 0 Å². The van der Waals surface area contributed by atoms with Gasteiger partial charge in [0.05, 0.1) is 11.6 Å². The van der Waals surface area contributed by atoms with Crippen LogP contribution in [0.1, 0.15) is 28.3 Å². The van der Waals surface area contributed by atoms with Crippen molar-refractivity contribution < 1.29 is 18.9 Å². The SMILES string of the molecule is C=C1c2ccc3c(c2C2N4CCc5cc6c(cc5C124)OCO6)OCO3. The molecule has 1 spiro atoms. The zero-order valence-electron chi connectivity index (χ0n) is 13.5. The van der Waals surface area contributed by atoms with Gasteiger partial charge in [0.1, 0.15) is 0 Å². The first-order valence-corrected chi connectivity index (χ1v) is 8.62. The highest BCUT2D eigenvalue weighted by molar-refractivity contribution is 5.90. The summed E-state index contributed by atoms with van der Waals surface area (Å²) in [6.45, 7) is 6.12. The van der Waals surface area contributed by atoms with Crippen LogP contribution in [0.2, 0.25) is 0 Å². The molecule has 0 bridgehead atoms. The van der Waals surface area contributed by atoms with Crippen LogP contribution in [0.3, 0.4) is 0 Å². The highest BCUT2D eigenvalue weighted by atomic mass is 16.7. The normalized spacial score (nSPS) is 31.3. The van der Waals surface area contributed by atoms with Crippen LogP contribution in [-0.2, 0) is 12.0 Å². The van der Waals surface area contributed by atoms with E-state index in [1.54, 1.807) is 0 Å². The molecule has 3 unspecified atom stereocenters. The molecule has 1 saturated heterocycles. The second-order valence-electron chi connectivity index (χ2n) is 7.21. The molecule has 124 valence electrons. The van der Waals surface area contributed by atoms with Crippen LogP contribution in [0, 0.1) is 0 Å². The van der Waals surface area contributed by atoms with Gasteiger partial charge in [-0.1, -0.05) is 12.6 Å². The predicted molar refractivity (Wildman–Crippen MR) is 89.0 cm³/mol. The van der Waals surface area contributed by atoms with E-state index in [9.17, 15) is 0 Å². The Morgan fingerprint density at radius 1 is 1.00 bits per heavy atom. The smallest absolute Gasteiger partial charge is 0.231 e. The van der Waals surface area contributed by atoms with Gasteiger partial charge in [0.15, 0.2) is 23.0 Å². The summed E-state index contributed by atoms with van der Waals surface area (Å²) in [7, 11) is 0. The first-order valence-electron chi connectivity index (χ1n) is 8.62. The van der Waals surface area contributed by atoms with Crippen LogP contribution in [-0.4, -0.2) is 25.0 Å². The van der Waals surface area contributed by atoms with Gasteiger partial charge in [0.2, 0.25) is 13.6 Å². The molecule has 25 heavy (non-hydrogen) atoms. The van der Waals surface area contributed by atoms with E-state index in [2.05, 4.69) is 29.7 Å². The second kappa shape index (κ2) is 3.78. The number of hydrogen-bond acceptors (Lipinski definition) is 5. The van der Waals surface area contributed by atoms with Gasteiger partial charge >= 0.3 is 0 Å². The summed E-state index contributed by atoms with van der Waals surface area (Å²) in [5.41, 5.74) is 6.10. The van der Waals surface area contributed by atoms with Gasteiger partial charge in [-0.15, -0.1) is 0 Å². The molecule has 4 aliphatic heterocycles. The Morgan fingerprint density at radius 3 is 2.72 bits per heavy atom. The van der Waals surface area contributed by atoms with Crippen LogP contribution < -0.4 is 18.9 Å². The Bertz CT molecular complexity index is 1010. The first-order chi connectivity index (χ1) is 12.3. The molecule has 2 aromatic rings. The van der Waals surface area contributed by atoms with Crippen molar-refractivity contribution in [3.05, 3.63) is 53.1 Å². The number of hydrogen-bond donors (Lipinski definition) is 0. The molecule has 5 heteroatoms. The summed E-state index contributed by atoms with van der Waals surface area (Å²) < 4.78 is 22.6. The number of nitrogens with zero attached hydrogens (tertiary/aromatic N) is 1. The highest BCUT2D eigenvalue weighted by Crippen LogP contribution is 2.75. The summed E-state index contributed by atoms with van der Waals surface area (Å²) in [5, 5.41) is 0. The predicted octanol–water partition coefficient (Wildman–Crippen LogP) is 2.98. The maximum Gasteiger partial charge on any atom is 0.231 e. The van der Waals surface area contributed by atoms with Gasteiger partial charge < -0.3 is 18.9 Å². The van der Waals surface area contributed by atoms with E-state index in [0.717, 1.165) is 41.5 Å². The van der Waals surface area contributed by atoms with Crippen molar-refractivity contribution in [1.29, 1.82) is 0 Å². The molecule has 0 radical (unpaired) electrons. The van der Waals surface area contributed by atoms with Gasteiger partial charge in [0.25, 0.3) is 0 Å². The van der Waals surface area contributed by atoms with Crippen LogP contribution in [0.5, 0.6) is 23.0 Å². The van der Waals surface area contributed by atoms with Crippen LogP contribution in [0.25, 0.3) is 5.57 Å². The molecular weight excluding hydrogens is 318 g/mol. The lowest BCUT2D eigenvalue weighted by Gasteiger charge is -2.28. The molecule has 5 aliphatic rings. The standard InChI is InChI=1S/C20H15NO4/c1-10-12-2-3-14-18(25-9-22-14)17(12)19-20(10)13-7-16-15(23-8-24-16)6-11(13)4-5-21(19)20/h2-3,6-7,19H,1,4-5,8-9H2. The third-order valence-corrected chi connectivity index (χ3v) is 6.36. The lowest BCUT2D eigenvalue weighted by atomic mass is 9.84. The maximum absolute atomic E-state index is 5.82. The summed E-state index contributed by atoms with van der Waals surface area (Å²) >= 11 is 0. The largest absolute Gasteiger partial charge is 0.454 e. The molecule has 1 fully saturated rings. The monoisotopic (exact) mass is 333 g/mol. The number of benzene rings is 2. The minimum atomic E-state index is -0.155. The Kier molecular flexibility index (Phi) is 1.91. The number of ether oxygens (including phenoxy) is 4. The fourth-order valence-corrected chi connectivity index (χ4v) is 5.34. The molecule has 0 amide bonds. The Labute approximate surface area is 144 Å². The highest BCUT2D eigenvalue weighted by Gasteiger charge is 2.72. The summed E-state index contributed by atoms with van der Waals surface area (Å²) in [4.78, 5) is 2.53. The van der Waals surface area contributed by atoms with E-state index in [-0.39, 0.29) is 11.6 Å². The summed E-state index contributed by atoms with van der Waals surface area (Å²) in [6.07, 6.45) is 1.01. The fourth-order valence-electron chi connectivity index (χ4n) is 5.34. The van der Waals surface area contributed by atoms with E-state index in [0.29, 0.717) is 13.6 Å². The molecule has 7 rings (SSSR count). The molecule has 3 atom stereocenters. The Hall–Kier alpha value is -2.66. The topological polar surface area (TPSA) is 39.9 Å². The number of rotatable bonds is 0. The van der Waals surface area contributed by atoms with Crippen molar-refractivity contribution in [2.24, 2.45) is 0 Å². The van der Waals surface area contributed by atoms with Gasteiger partial charge in [-0.05, 0) is 46.9 Å². The molecule has 0 saturated carbocycles. The van der Waals surface area contributed by atoms with Crippen LogP contribution in [0.4, 0.5) is 0 Å². The van der Waals surface area contributed by atoms with Crippen molar-refractivity contribution >= 4 is 5.57 Å². The van der Waals surface area contributed by atoms with Crippen LogP contribution in [0.15, 0.2) is 30.8 Å². The van der Waals surface area contributed by atoms with Gasteiger partial charge in [-0.2, -0.15) is 0 Å². The maximum atomic E-state index is 5.82. The lowest BCUT2D eigenvalue weighted by Crippen LogP contribution is -2.26. The van der Waals surface area contributed by atoms with E-state index < -0.39 is 0 Å². The Balaban J connectivity index is 1.49. The minimum Gasteiger partial charge on any atom is -0.454 e. The average Bonchev–Trinajstić information content (AvgIpc) is 3.00. The zero-order chi connectivity index (χ0) is 16.3. The molecule has 1 aliphatic carbocycles. The van der Waals surface area contributed by atoms with Gasteiger partial charge in [0, 0.05) is 12.1 Å². The second-order valence-corrected chi connectivity index (χ2v) is 7.21. The van der Waals surface area contributed by atoms with Crippen molar-refractivity contribution in [3.63, 3.8) is 0 Å². The van der Waals surface area contributed by atoms with Crippen LogP contribution >= 0.6 is 0 Å². The molecule has 0 aromatic heterocycles. The van der Waals surface area contributed by atoms with E-state index in [1.807, 2.05) is 6.07 Å². The average molecular weight is 333 g/mol. The molecule has 2 aromatic carbocycles. The van der Waals surface area contributed by atoms with Crippen molar-refractivity contribution in [1.82, 2.24) is 4.90 Å². The zero-order valence-corrected chi connectivity index (χ0v) is 13.5. The molecule has 5 nitrogen and oxygen atoms in total. The first kappa shape index (κ1) is 12.7. The van der Waals surface area contributed by atoms with Crippen molar-refractivity contribution in [2.75, 3.05) is 20.1 Å². The fraction of sp³-hybridized carbons (Fsp3) is 0.300. The molecular formula is C20H15NO4. The van der Waals surface area contributed by atoms with Crippen molar-refractivity contribution in [3.8, 4) is 23.0 Å². The van der Waals surface area contributed by atoms with Gasteiger partial charge in [-0.25, -0.2) is 0 Å². The Morgan fingerprint density at radius 2 is 1.80 bits per heavy atom. The lowest BCUT2D eigenvalue weighted by molar-refractivity contribution is 0.173. The summed E-state index contributed by atoms with van der Waals surface area (Å²) in [6, 6.07) is 8.73. The van der Waals surface area contributed by atoms with Gasteiger partial charge in [-0.3, -0.25) is 4.90 Å². The third-order valence-electron chi connectivity index (χ3n) is 6.36.